The average molecular weight is 423 g/mol. The highest BCUT2D eigenvalue weighted by Crippen LogP contribution is 2.32. The van der Waals surface area contributed by atoms with Gasteiger partial charge in [-0.05, 0) is 36.2 Å². The Bertz CT molecular complexity index is 1060. The second-order valence-corrected chi connectivity index (χ2v) is 7.34. The molecule has 0 radical (unpaired) electrons. The zero-order valence-corrected chi connectivity index (χ0v) is 17.8. The Labute approximate surface area is 180 Å². The molecule has 0 saturated carbocycles. The minimum atomic E-state index is -0.0925. The van der Waals surface area contributed by atoms with Crippen LogP contribution in [0.15, 0.2) is 47.0 Å². The quantitative estimate of drug-likeness (QED) is 0.549. The molecule has 0 bridgehead atoms. The molecule has 31 heavy (non-hydrogen) atoms. The molecule has 1 saturated heterocycles. The van der Waals surface area contributed by atoms with Gasteiger partial charge in [0, 0.05) is 25.4 Å². The summed E-state index contributed by atoms with van der Waals surface area (Å²) in [6.45, 7) is 1.18. The summed E-state index contributed by atoms with van der Waals surface area (Å²) in [5.74, 6) is 2.97. The fourth-order valence-corrected chi connectivity index (χ4v) is 3.79. The third-order valence-electron chi connectivity index (χ3n) is 5.48. The number of carbonyl (C=O) groups is 1. The van der Waals surface area contributed by atoms with Gasteiger partial charge < -0.3 is 23.6 Å². The van der Waals surface area contributed by atoms with Gasteiger partial charge in [0.2, 0.25) is 5.91 Å². The number of amides is 1. The molecule has 2 aromatic carbocycles. The summed E-state index contributed by atoms with van der Waals surface area (Å²) in [5.41, 5.74) is 1.81. The molecule has 4 rings (SSSR count). The first kappa shape index (κ1) is 20.7. The van der Waals surface area contributed by atoms with Crippen LogP contribution in [-0.4, -0.2) is 55.4 Å². The van der Waals surface area contributed by atoms with Crippen LogP contribution in [0.25, 0.3) is 11.5 Å². The first-order valence-corrected chi connectivity index (χ1v) is 10.1. The first-order chi connectivity index (χ1) is 15.1. The van der Waals surface area contributed by atoms with Gasteiger partial charge in [-0.2, -0.15) is 4.98 Å². The van der Waals surface area contributed by atoms with E-state index in [0.717, 1.165) is 17.5 Å². The highest BCUT2D eigenvalue weighted by Gasteiger charge is 2.33. The summed E-state index contributed by atoms with van der Waals surface area (Å²) in [5, 5.41) is 4.13. The Hall–Kier alpha value is -3.55. The number of nitrogens with zero attached hydrogens (tertiary/aromatic N) is 3. The average Bonchev–Trinajstić information content (AvgIpc) is 3.44. The Kier molecular flexibility index (Phi) is 6.06. The normalized spacial score (nSPS) is 15.9. The molecular formula is C23H25N3O5. The second-order valence-electron chi connectivity index (χ2n) is 7.34. The van der Waals surface area contributed by atoms with Crippen molar-refractivity contribution in [3.05, 3.63) is 53.9 Å². The van der Waals surface area contributed by atoms with Gasteiger partial charge in [-0.15, -0.1) is 0 Å². The maximum Gasteiger partial charge on any atom is 0.261 e. The molecular weight excluding hydrogens is 398 g/mol. The van der Waals surface area contributed by atoms with Gasteiger partial charge in [0.25, 0.3) is 5.89 Å². The zero-order valence-electron chi connectivity index (χ0n) is 17.8. The molecule has 1 atom stereocenters. The lowest BCUT2D eigenvalue weighted by Crippen LogP contribution is -2.27. The number of methoxy groups -OCH3 is 3. The van der Waals surface area contributed by atoms with Gasteiger partial charge in [-0.25, -0.2) is 0 Å². The van der Waals surface area contributed by atoms with Crippen LogP contribution in [0.3, 0.4) is 0 Å². The molecule has 0 N–H and O–H groups in total. The Balaban J connectivity index is 1.41. The number of hydrogen-bond acceptors (Lipinski definition) is 7. The van der Waals surface area contributed by atoms with E-state index in [1.807, 2.05) is 47.4 Å². The molecule has 162 valence electrons. The number of ether oxygens (including phenoxy) is 3. The van der Waals surface area contributed by atoms with Gasteiger partial charge in [-0.3, -0.25) is 4.79 Å². The van der Waals surface area contributed by atoms with E-state index in [1.165, 1.54) is 0 Å². The predicted molar refractivity (Wildman–Crippen MR) is 113 cm³/mol. The second kappa shape index (κ2) is 9.07. The van der Waals surface area contributed by atoms with Crippen molar-refractivity contribution in [1.29, 1.82) is 0 Å². The monoisotopic (exact) mass is 423 g/mol. The third kappa shape index (κ3) is 4.33. The lowest BCUT2D eigenvalue weighted by atomic mass is 10.1. The highest BCUT2D eigenvalue weighted by atomic mass is 16.5. The van der Waals surface area contributed by atoms with Crippen molar-refractivity contribution in [3.63, 3.8) is 0 Å². The SMILES string of the molecule is COc1ccc(CCN2CC(c3noc(-c4ccccc4OC)n3)CC2=O)cc1OC. The maximum atomic E-state index is 12.6. The molecule has 8 nitrogen and oxygen atoms in total. The van der Waals surface area contributed by atoms with Gasteiger partial charge in [0.1, 0.15) is 5.75 Å². The Morgan fingerprint density at radius 3 is 2.58 bits per heavy atom. The summed E-state index contributed by atoms with van der Waals surface area (Å²) in [6.07, 6.45) is 1.09. The van der Waals surface area contributed by atoms with Crippen molar-refractivity contribution in [2.75, 3.05) is 34.4 Å². The number of benzene rings is 2. The van der Waals surface area contributed by atoms with E-state index in [1.54, 1.807) is 21.3 Å². The van der Waals surface area contributed by atoms with Crippen LogP contribution in [0.1, 0.15) is 23.7 Å². The van der Waals surface area contributed by atoms with Crippen molar-refractivity contribution in [2.45, 2.75) is 18.8 Å². The third-order valence-corrected chi connectivity index (χ3v) is 5.48. The lowest BCUT2D eigenvalue weighted by molar-refractivity contribution is -0.127. The number of likely N-dealkylation sites (tertiary alicyclic amines) is 1. The maximum absolute atomic E-state index is 12.6. The fourth-order valence-electron chi connectivity index (χ4n) is 3.79. The Morgan fingerprint density at radius 1 is 1.03 bits per heavy atom. The molecule has 3 aromatic rings. The largest absolute Gasteiger partial charge is 0.496 e. The standard InChI is InChI=1S/C23H25N3O5/c1-28-18-7-5-4-6-17(18)23-24-22(25-31-23)16-13-21(27)26(14-16)11-10-15-8-9-19(29-2)20(12-15)30-3/h4-9,12,16H,10-11,13-14H2,1-3H3. The smallest absolute Gasteiger partial charge is 0.261 e. The molecule has 8 heteroatoms. The first-order valence-electron chi connectivity index (χ1n) is 10.1. The van der Waals surface area contributed by atoms with Crippen molar-refractivity contribution >= 4 is 5.91 Å². The minimum Gasteiger partial charge on any atom is -0.496 e. The summed E-state index contributed by atoms with van der Waals surface area (Å²) in [4.78, 5) is 18.9. The molecule has 2 heterocycles. The number of hydrogen-bond donors (Lipinski definition) is 0. The molecule has 1 fully saturated rings. The number of para-hydroxylation sites is 1. The molecule has 0 aliphatic carbocycles. The van der Waals surface area contributed by atoms with Crippen molar-refractivity contribution in [3.8, 4) is 28.7 Å². The number of carbonyl (C=O) groups excluding carboxylic acids is 1. The van der Waals surface area contributed by atoms with E-state index in [-0.39, 0.29) is 11.8 Å². The molecule has 1 aromatic heterocycles. The Morgan fingerprint density at radius 2 is 1.81 bits per heavy atom. The van der Waals surface area contributed by atoms with Crippen LogP contribution in [0.2, 0.25) is 0 Å². The van der Waals surface area contributed by atoms with Crippen molar-refractivity contribution < 1.29 is 23.5 Å². The fraction of sp³-hybridized carbons (Fsp3) is 0.348. The van der Waals surface area contributed by atoms with E-state index in [9.17, 15) is 4.79 Å². The lowest BCUT2D eigenvalue weighted by Gasteiger charge is -2.16. The highest BCUT2D eigenvalue weighted by molar-refractivity contribution is 5.79. The van der Waals surface area contributed by atoms with E-state index < -0.39 is 0 Å². The molecule has 0 spiro atoms. The van der Waals surface area contributed by atoms with E-state index in [0.29, 0.717) is 48.5 Å². The van der Waals surface area contributed by atoms with Crippen LogP contribution >= 0.6 is 0 Å². The van der Waals surface area contributed by atoms with Crippen molar-refractivity contribution in [1.82, 2.24) is 15.0 Å². The van der Waals surface area contributed by atoms with E-state index in [4.69, 9.17) is 18.7 Å². The molecule has 1 aliphatic heterocycles. The van der Waals surface area contributed by atoms with Crippen LogP contribution < -0.4 is 14.2 Å². The molecule has 1 unspecified atom stereocenters. The van der Waals surface area contributed by atoms with E-state index >= 15 is 0 Å². The molecule has 1 amide bonds. The predicted octanol–water partition coefficient (Wildman–Crippen LogP) is 3.32. The number of rotatable bonds is 8. The van der Waals surface area contributed by atoms with Gasteiger partial charge in [-0.1, -0.05) is 23.4 Å². The summed E-state index contributed by atoms with van der Waals surface area (Å²) >= 11 is 0. The summed E-state index contributed by atoms with van der Waals surface area (Å²) < 4.78 is 21.5. The van der Waals surface area contributed by atoms with Gasteiger partial charge >= 0.3 is 0 Å². The van der Waals surface area contributed by atoms with Crippen molar-refractivity contribution in [2.24, 2.45) is 0 Å². The zero-order chi connectivity index (χ0) is 21.8. The summed E-state index contributed by atoms with van der Waals surface area (Å²) in [7, 11) is 4.82. The van der Waals surface area contributed by atoms with Crippen LogP contribution in [-0.2, 0) is 11.2 Å². The van der Waals surface area contributed by atoms with Crippen LogP contribution in [0.4, 0.5) is 0 Å². The molecule has 1 aliphatic rings. The summed E-state index contributed by atoms with van der Waals surface area (Å²) in [6, 6.07) is 13.3. The minimum absolute atomic E-state index is 0.0918. The van der Waals surface area contributed by atoms with Crippen LogP contribution in [0, 0.1) is 0 Å². The van der Waals surface area contributed by atoms with Gasteiger partial charge in [0.05, 0.1) is 26.9 Å². The van der Waals surface area contributed by atoms with Gasteiger partial charge in [0.15, 0.2) is 17.3 Å². The van der Waals surface area contributed by atoms with E-state index in [2.05, 4.69) is 10.1 Å². The van der Waals surface area contributed by atoms with Crippen LogP contribution in [0.5, 0.6) is 17.2 Å². The topological polar surface area (TPSA) is 86.9 Å². The number of aromatic nitrogens is 2.